The Bertz CT molecular complexity index is 795. The summed E-state index contributed by atoms with van der Waals surface area (Å²) in [7, 11) is 0. The van der Waals surface area contributed by atoms with E-state index in [0.29, 0.717) is 18.0 Å². The lowest BCUT2D eigenvalue weighted by Gasteiger charge is -2.24. The summed E-state index contributed by atoms with van der Waals surface area (Å²) >= 11 is 0. The Morgan fingerprint density at radius 3 is 3.00 bits per heavy atom. The van der Waals surface area contributed by atoms with Crippen LogP contribution in [0.25, 0.3) is 0 Å². The van der Waals surface area contributed by atoms with Gasteiger partial charge in [-0.3, -0.25) is 9.78 Å². The van der Waals surface area contributed by atoms with Crippen molar-refractivity contribution in [2.24, 2.45) is 0 Å². The summed E-state index contributed by atoms with van der Waals surface area (Å²) in [6, 6.07) is 3.83. The monoisotopic (exact) mass is 340 g/mol. The van der Waals surface area contributed by atoms with Crippen molar-refractivity contribution < 1.29 is 9.90 Å². The molecule has 2 heterocycles. The van der Waals surface area contributed by atoms with Crippen molar-refractivity contribution in [3.8, 4) is 0 Å². The molecule has 1 saturated carbocycles. The molecule has 25 heavy (non-hydrogen) atoms. The van der Waals surface area contributed by atoms with Gasteiger partial charge in [0.05, 0.1) is 12.3 Å². The Balaban J connectivity index is 1.44. The lowest BCUT2D eigenvalue weighted by molar-refractivity contribution is 0.0933. The molecule has 0 aromatic carbocycles. The quantitative estimate of drug-likeness (QED) is 0.869. The minimum atomic E-state index is -0.0238. The van der Waals surface area contributed by atoms with Crippen molar-refractivity contribution in [2.45, 2.75) is 57.5 Å². The summed E-state index contributed by atoms with van der Waals surface area (Å²) in [5, 5.41) is 12.4. The van der Waals surface area contributed by atoms with Crippen LogP contribution in [0.2, 0.25) is 0 Å². The molecule has 0 aliphatic heterocycles. The van der Waals surface area contributed by atoms with Gasteiger partial charge in [-0.1, -0.05) is 0 Å². The Labute approximate surface area is 147 Å². The van der Waals surface area contributed by atoms with E-state index in [1.807, 2.05) is 13.0 Å². The van der Waals surface area contributed by atoms with Gasteiger partial charge in [0.2, 0.25) is 0 Å². The second-order valence-corrected chi connectivity index (χ2v) is 7.08. The summed E-state index contributed by atoms with van der Waals surface area (Å²) in [5.74, 6) is 1.46. The minimum absolute atomic E-state index is 0.0238. The fourth-order valence-electron chi connectivity index (χ4n) is 3.74. The van der Waals surface area contributed by atoms with Crippen LogP contribution in [0.4, 0.5) is 0 Å². The molecule has 6 heteroatoms. The second kappa shape index (κ2) is 6.59. The highest BCUT2D eigenvalue weighted by Gasteiger charge is 2.27. The maximum Gasteiger partial charge on any atom is 0.251 e. The van der Waals surface area contributed by atoms with Gasteiger partial charge in [-0.05, 0) is 44.7 Å². The van der Waals surface area contributed by atoms with Crippen molar-refractivity contribution in [1.29, 1.82) is 0 Å². The van der Waals surface area contributed by atoms with E-state index in [0.717, 1.165) is 36.5 Å². The van der Waals surface area contributed by atoms with E-state index in [1.54, 1.807) is 12.3 Å². The number of nitrogens with zero attached hydrogens (tertiary/aromatic N) is 3. The zero-order valence-electron chi connectivity index (χ0n) is 14.5. The molecule has 1 amide bonds. The van der Waals surface area contributed by atoms with Gasteiger partial charge in [-0.2, -0.15) is 0 Å². The number of aliphatic hydroxyl groups excluding tert-OH is 1. The number of aryl methyl sites for hydroxylation is 1. The van der Waals surface area contributed by atoms with Gasteiger partial charge in [-0.15, -0.1) is 0 Å². The highest BCUT2D eigenvalue weighted by molar-refractivity contribution is 5.94. The summed E-state index contributed by atoms with van der Waals surface area (Å²) in [4.78, 5) is 21.6. The van der Waals surface area contributed by atoms with Gasteiger partial charge < -0.3 is 15.0 Å². The van der Waals surface area contributed by atoms with Crippen molar-refractivity contribution in [2.75, 3.05) is 6.61 Å². The Morgan fingerprint density at radius 1 is 1.40 bits per heavy atom. The van der Waals surface area contributed by atoms with Gasteiger partial charge in [0.15, 0.2) is 0 Å². The molecule has 1 unspecified atom stereocenters. The van der Waals surface area contributed by atoms with E-state index in [9.17, 15) is 9.90 Å². The Kier molecular flexibility index (Phi) is 4.29. The number of aromatic nitrogens is 3. The molecular formula is C19H24N4O2. The first-order chi connectivity index (χ1) is 12.2. The number of amides is 1. The number of carbonyl (C=O) groups excluding carboxylic acids is 1. The molecular weight excluding hydrogens is 316 g/mol. The van der Waals surface area contributed by atoms with Crippen LogP contribution >= 0.6 is 0 Å². The number of hydrogen-bond donors (Lipinski definition) is 2. The van der Waals surface area contributed by atoms with Crippen LogP contribution in [-0.4, -0.2) is 38.2 Å². The lowest BCUT2D eigenvalue weighted by atomic mass is 9.95. The molecule has 6 nitrogen and oxygen atoms in total. The molecule has 2 aliphatic carbocycles. The molecule has 0 saturated heterocycles. The first-order valence-electron chi connectivity index (χ1n) is 9.08. The van der Waals surface area contributed by atoms with Crippen LogP contribution in [0, 0.1) is 6.92 Å². The highest BCUT2D eigenvalue weighted by atomic mass is 16.3. The first-order valence-corrected chi connectivity index (χ1v) is 9.08. The topological polar surface area (TPSA) is 80.0 Å². The Morgan fingerprint density at radius 2 is 2.24 bits per heavy atom. The second-order valence-electron chi connectivity index (χ2n) is 7.08. The molecule has 4 rings (SSSR count). The van der Waals surface area contributed by atoms with Gasteiger partial charge in [0.25, 0.3) is 5.91 Å². The van der Waals surface area contributed by atoms with E-state index in [-0.39, 0.29) is 18.6 Å². The maximum atomic E-state index is 12.6. The summed E-state index contributed by atoms with van der Waals surface area (Å²) in [6.45, 7) is 2.68. The van der Waals surface area contributed by atoms with E-state index in [2.05, 4.69) is 19.9 Å². The average molecular weight is 340 g/mol. The number of pyridine rings is 1. The van der Waals surface area contributed by atoms with Gasteiger partial charge in [0, 0.05) is 48.1 Å². The van der Waals surface area contributed by atoms with Crippen LogP contribution in [0.5, 0.6) is 0 Å². The largest absolute Gasteiger partial charge is 0.395 e. The number of nitrogens with one attached hydrogen (secondary N) is 1. The van der Waals surface area contributed by atoms with Gasteiger partial charge >= 0.3 is 0 Å². The van der Waals surface area contributed by atoms with Gasteiger partial charge in [-0.25, -0.2) is 4.98 Å². The normalized spacial score (nSPS) is 19.5. The number of carbonyl (C=O) groups is 1. The molecule has 1 atom stereocenters. The molecule has 1 fully saturated rings. The standard InChI is InChI=1S/C19H24N4O2/c1-12-21-17-11-15(4-5-18(17)23(12)8-9-24)22-19(25)14-6-7-20-16(10-14)13-2-3-13/h6-7,10,13,15,24H,2-5,8-9,11H2,1H3,(H,22,25). The Hall–Kier alpha value is -2.21. The third kappa shape index (κ3) is 3.31. The van der Waals surface area contributed by atoms with E-state index < -0.39 is 0 Å². The van der Waals surface area contributed by atoms with Crippen LogP contribution in [0.15, 0.2) is 18.3 Å². The van der Waals surface area contributed by atoms with Crippen molar-refractivity contribution >= 4 is 5.91 Å². The smallest absolute Gasteiger partial charge is 0.251 e. The van der Waals surface area contributed by atoms with E-state index >= 15 is 0 Å². The molecule has 0 bridgehead atoms. The zero-order chi connectivity index (χ0) is 17.4. The predicted molar refractivity (Wildman–Crippen MR) is 93.5 cm³/mol. The average Bonchev–Trinajstić information content (AvgIpc) is 3.41. The molecule has 2 aromatic rings. The molecule has 132 valence electrons. The van der Waals surface area contributed by atoms with Crippen molar-refractivity contribution in [1.82, 2.24) is 19.9 Å². The third-order valence-corrected chi connectivity index (χ3v) is 5.21. The zero-order valence-corrected chi connectivity index (χ0v) is 14.5. The maximum absolute atomic E-state index is 12.6. The summed E-state index contributed by atoms with van der Waals surface area (Å²) in [5.41, 5.74) is 3.99. The minimum Gasteiger partial charge on any atom is -0.395 e. The van der Waals surface area contributed by atoms with Crippen LogP contribution in [-0.2, 0) is 19.4 Å². The number of rotatable bonds is 5. The molecule has 2 aromatic heterocycles. The van der Waals surface area contributed by atoms with E-state index in [1.165, 1.54) is 18.5 Å². The molecule has 2 aliphatic rings. The molecule has 0 spiro atoms. The van der Waals surface area contributed by atoms with Crippen molar-refractivity contribution in [3.05, 3.63) is 46.8 Å². The fraction of sp³-hybridized carbons (Fsp3) is 0.526. The SMILES string of the molecule is Cc1nc2c(n1CCO)CCC(NC(=O)c1ccnc(C3CC3)c1)C2. The van der Waals surface area contributed by atoms with Crippen LogP contribution in [0.3, 0.4) is 0 Å². The number of imidazole rings is 1. The first kappa shape index (κ1) is 16.3. The highest BCUT2D eigenvalue weighted by Crippen LogP contribution is 2.39. The fourth-order valence-corrected chi connectivity index (χ4v) is 3.74. The molecule has 0 radical (unpaired) electrons. The summed E-state index contributed by atoms with van der Waals surface area (Å²) < 4.78 is 2.10. The number of aliphatic hydroxyl groups is 1. The third-order valence-electron chi connectivity index (χ3n) is 5.21. The van der Waals surface area contributed by atoms with Gasteiger partial charge in [0.1, 0.15) is 5.82 Å². The predicted octanol–water partition coefficient (Wildman–Crippen LogP) is 1.74. The molecule has 2 N–H and O–H groups in total. The van der Waals surface area contributed by atoms with E-state index in [4.69, 9.17) is 0 Å². The lowest BCUT2D eigenvalue weighted by Crippen LogP contribution is -2.39. The number of fused-ring (bicyclic) bond motifs is 1. The number of hydrogen-bond acceptors (Lipinski definition) is 4. The van der Waals surface area contributed by atoms with Crippen molar-refractivity contribution in [3.63, 3.8) is 0 Å². The van der Waals surface area contributed by atoms with Crippen LogP contribution < -0.4 is 5.32 Å². The van der Waals surface area contributed by atoms with Crippen LogP contribution in [0.1, 0.15) is 58.4 Å². The summed E-state index contributed by atoms with van der Waals surface area (Å²) in [6.07, 6.45) is 6.63.